The topological polar surface area (TPSA) is 19.4 Å². The van der Waals surface area contributed by atoms with Crippen LogP contribution in [0.15, 0.2) is 18.5 Å². The minimum Gasteiger partial charge on any atom is -0.301 e. The first-order valence-corrected chi connectivity index (χ1v) is 7.07. The number of hydrogen-bond acceptors (Lipinski definition) is 3. The van der Waals surface area contributed by atoms with Crippen LogP contribution in [0, 0.1) is 0 Å². The zero-order chi connectivity index (χ0) is 13.0. The number of aromatic nitrogens is 1. The molecule has 0 N–H and O–H groups in total. The van der Waals surface area contributed by atoms with Crippen molar-refractivity contribution in [3.63, 3.8) is 0 Å². The van der Waals surface area contributed by atoms with E-state index in [2.05, 4.69) is 41.6 Å². The van der Waals surface area contributed by atoms with Crippen molar-refractivity contribution in [2.24, 2.45) is 0 Å². The molecule has 0 spiro atoms. The van der Waals surface area contributed by atoms with Gasteiger partial charge < -0.3 is 4.90 Å². The van der Waals surface area contributed by atoms with Gasteiger partial charge in [-0.05, 0) is 23.6 Å². The number of likely N-dealkylation sites (N-methyl/N-ethyl adjacent to an activating group) is 1. The van der Waals surface area contributed by atoms with Gasteiger partial charge in [-0.3, -0.25) is 9.88 Å². The van der Waals surface area contributed by atoms with E-state index >= 15 is 0 Å². The second-order valence-electron chi connectivity index (χ2n) is 5.49. The lowest BCUT2D eigenvalue weighted by Crippen LogP contribution is -2.45. The lowest BCUT2D eigenvalue weighted by atomic mass is 10.0. The summed E-state index contributed by atoms with van der Waals surface area (Å²) in [6.45, 7) is 13.7. The summed E-state index contributed by atoms with van der Waals surface area (Å²) in [4.78, 5) is 9.41. The summed E-state index contributed by atoms with van der Waals surface area (Å²) >= 11 is 0. The molecule has 1 saturated heterocycles. The van der Waals surface area contributed by atoms with Crippen LogP contribution in [-0.2, 0) is 6.54 Å². The van der Waals surface area contributed by atoms with Gasteiger partial charge in [0.1, 0.15) is 0 Å². The van der Waals surface area contributed by atoms with E-state index in [1.807, 2.05) is 12.4 Å². The van der Waals surface area contributed by atoms with Crippen LogP contribution in [-0.4, -0.2) is 47.5 Å². The molecule has 1 aliphatic rings. The molecule has 0 aliphatic carbocycles. The lowest BCUT2D eigenvalue weighted by Gasteiger charge is -2.34. The number of piperazine rings is 1. The average molecular weight is 247 g/mol. The van der Waals surface area contributed by atoms with Gasteiger partial charge in [-0.1, -0.05) is 26.8 Å². The van der Waals surface area contributed by atoms with Crippen LogP contribution in [0.4, 0.5) is 0 Å². The van der Waals surface area contributed by atoms with Crippen LogP contribution in [0.2, 0.25) is 0 Å². The molecule has 3 heteroatoms. The van der Waals surface area contributed by atoms with Gasteiger partial charge in [0.05, 0.1) is 0 Å². The van der Waals surface area contributed by atoms with E-state index in [1.165, 1.54) is 43.9 Å². The summed E-state index contributed by atoms with van der Waals surface area (Å²) in [7, 11) is 0. The Hall–Kier alpha value is -0.930. The van der Waals surface area contributed by atoms with Gasteiger partial charge in [0.2, 0.25) is 0 Å². The van der Waals surface area contributed by atoms with E-state index in [9.17, 15) is 0 Å². The molecule has 0 radical (unpaired) electrons. The third-order valence-electron chi connectivity index (χ3n) is 3.80. The van der Waals surface area contributed by atoms with Crippen molar-refractivity contribution in [1.82, 2.24) is 14.8 Å². The fourth-order valence-corrected chi connectivity index (χ4v) is 2.43. The van der Waals surface area contributed by atoms with Gasteiger partial charge in [-0.15, -0.1) is 0 Å². The predicted octanol–water partition coefficient (Wildman–Crippen LogP) is 2.34. The fraction of sp³-hybridized carbons (Fsp3) is 0.667. The van der Waals surface area contributed by atoms with Crippen molar-refractivity contribution in [1.29, 1.82) is 0 Å². The fourth-order valence-electron chi connectivity index (χ4n) is 2.43. The van der Waals surface area contributed by atoms with Gasteiger partial charge in [0, 0.05) is 45.1 Å². The maximum Gasteiger partial charge on any atom is 0.0313 e. The largest absolute Gasteiger partial charge is 0.301 e. The number of hydrogen-bond donors (Lipinski definition) is 0. The Morgan fingerprint density at radius 3 is 2.39 bits per heavy atom. The zero-order valence-electron chi connectivity index (χ0n) is 11.9. The smallest absolute Gasteiger partial charge is 0.0313 e. The summed E-state index contributed by atoms with van der Waals surface area (Å²) in [5.74, 6) is 0.564. The molecule has 0 amide bonds. The third-order valence-corrected chi connectivity index (χ3v) is 3.80. The van der Waals surface area contributed by atoms with Gasteiger partial charge in [-0.25, -0.2) is 0 Å². The van der Waals surface area contributed by atoms with Crippen molar-refractivity contribution < 1.29 is 0 Å². The first-order chi connectivity index (χ1) is 8.69. The minimum absolute atomic E-state index is 0.564. The number of nitrogens with zero attached hydrogens (tertiary/aromatic N) is 3. The normalized spacial score (nSPS) is 18.4. The molecule has 0 saturated carbocycles. The second-order valence-corrected chi connectivity index (χ2v) is 5.49. The van der Waals surface area contributed by atoms with E-state index in [0.717, 1.165) is 6.54 Å². The van der Waals surface area contributed by atoms with E-state index in [1.54, 1.807) is 0 Å². The SMILES string of the molecule is CCN1CCN(Cc2cncc(C(C)C)c2)CC1. The Balaban J connectivity index is 1.92. The summed E-state index contributed by atoms with van der Waals surface area (Å²) in [5.41, 5.74) is 2.70. The van der Waals surface area contributed by atoms with E-state index < -0.39 is 0 Å². The molecule has 1 aliphatic heterocycles. The molecule has 2 rings (SSSR count). The molecule has 0 bridgehead atoms. The van der Waals surface area contributed by atoms with Crippen LogP contribution >= 0.6 is 0 Å². The molecule has 0 atom stereocenters. The zero-order valence-corrected chi connectivity index (χ0v) is 11.9. The molecule has 1 aromatic heterocycles. The Morgan fingerprint density at radius 2 is 1.78 bits per heavy atom. The number of rotatable bonds is 4. The summed E-state index contributed by atoms with van der Waals surface area (Å²) < 4.78 is 0. The first-order valence-electron chi connectivity index (χ1n) is 7.07. The molecule has 0 aromatic carbocycles. The summed E-state index contributed by atoms with van der Waals surface area (Å²) in [5, 5.41) is 0. The Bertz CT molecular complexity index is 368. The highest BCUT2D eigenvalue weighted by molar-refractivity contribution is 5.20. The van der Waals surface area contributed by atoms with E-state index in [-0.39, 0.29) is 0 Å². The van der Waals surface area contributed by atoms with Gasteiger partial charge in [0.25, 0.3) is 0 Å². The Morgan fingerprint density at radius 1 is 1.11 bits per heavy atom. The van der Waals surface area contributed by atoms with E-state index in [0.29, 0.717) is 5.92 Å². The molecule has 2 heterocycles. The first kappa shape index (κ1) is 13.5. The molecular formula is C15H25N3. The van der Waals surface area contributed by atoms with Crippen LogP contribution < -0.4 is 0 Å². The standard InChI is InChI=1S/C15H25N3/c1-4-17-5-7-18(8-6-17)12-14-9-15(13(2)3)11-16-10-14/h9-11,13H,4-8,12H2,1-3H3. The average Bonchev–Trinajstić information content (AvgIpc) is 2.40. The lowest BCUT2D eigenvalue weighted by molar-refractivity contribution is 0.132. The molecule has 1 aromatic rings. The maximum atomic E-state index is 4.37. The van der Waals surface area contributed by atoms with Crippen molar-refractivity contribution in [2.45, 2.75) is 33.2 Å². The quantitative estimate of drug-likeness (QED) is 0.814. The van der Waals surface area contributed by atoms with Crippen LogP contribution in [0.3, 0.4) is 0 Å². The molecule has 0 unspecified atom stereocenters. The van der Waals surface area contributed by atoms with Crippen LogP contribution in [0.1, 0.15) is 37.8 Å². The van der Waals surface area contributed by atoms with Crippen molar-refractivity contribution in [3.8, 4) is 0 Å². The molecule has 100 valence electrons. The van der Waals surface area contributed by atoms with Crippen molar-refractivity contribution >= 4 is 0 Å². The van der Waals surface area contributed by atoms with Gasteiger partial charge >= 0.3 is 0 Å². The van der Waals surface area contributed by atoms with Crippen molar-refractivity contribution in [2.75, 3.05) is 32.7 Å². The second kappa shape index (κ2) is 6.30. The number of pyridine rings is 1. The highest BCUT2D eigenvalue weighted by atomic mass is 15.3. The van der Waals surface area contributed by atoms with E-state index in [4.69, 9.17) is 0 Å². The summed E-state index contributed by atoms with van der Waals surface area (Å²) in [6, 6.07) is 2.31. The van der Waals surface area contributed by atoms with Crippen LogP contribution in [0.5, 0.6) is 0 Å². The third kappa shape index (κ3) is 3.53. The molecule has 1 fully saturated rings. The minimum atomic E-state index is 0.564. The van der Waals surface area contributed by atoms with Crippen LogP contribution in [0.25, 0.3) is 0 Å². The van der Waals surface area contributed by atoms with Crippen molar-refractivity contribution in [3.05, 3.63) is 29.6 Å². The highest BCUT2D eigenvalue weighted by Gasteiger charge is 2.15. The molecule has 3 nitrogen and oxygen atoms in total. The van der Waals surface area contributed by atoms with Gasteiger partial charge in [-0.2, -0.15) is 0 Å². The summed E-state index contributed by atoms with van der Waals surface area (Å²) in [6.07, 6.45) is 4.00. The Labute approximate surface area is 111 Å². The Kier molecular flexibility index (Phi) is 4.72. The van der Waals surface area contributed by atoms with Gasteiger partial charge in [0.15, 0.2) is 0 Å². The molecule has 18 heavy (non-hydrogen) atoms. The maximum absolute atomic E-state index is 4.37. The molecular weight excluding hydrogens is 222 g/mol. The predicted molar refractivity (Wildman–Crippen MR) is 75.7 cm³/mol. The highest BCUT2D eigenvalue weighted by Crippen LogP contribution is 2.15. The monoisotopic (exact) mass is 247 g/mol.